The zero-order chi connectivity index (χ0) is 26.3. The van der Waals surface area contributed by atoms with Gasteiger partial charge >= 0.3 is 24.1 Å². The Morgan fingerprint density at radius 1 is 0.882 bits per heavy atom. The fourth-order valence-corrected chi connectivity index (χ4v) is 3.79. The van der Waals surface area contributed by atoms with Crippen molar-refractivity contribution in [2.45, 2.75) is 79.1 Å². The molecule has 0 aromatic rings. The average molecular weight is 482 g/mol. The first-order chi connectivity index (χ1) is 15.6. The Kier molecular flexibility index (Phi) is 10.3. The monoisotopic (exact) mass is 481 g/mol. The molecule has 1 fully saturated rings. The molecule has 0 saturated heterocycles. The highest BCUT2D eigenvalue weighted by molar-refractivity contribution is 5.90. The molecule has 0 aromatic carbocycles. The molecule has 1 aliphatic carbocycles. The van der Waals surface area contributed by atoms with Gasteiger partial charge in [0, 0.05) is 6.08 Å². The van der Waals surface area contributed by atoms with E-state index in [1.54, 1.807) is 67.5 Å². The zero-order valence-corrected chi connectivity index (χ0v) is 21.6. The third-order valence-electron chi connectivity index (χ3n) is 4.92. The quantitative estimate of drug-likeness (QED) is 0.224. The summed E-state index contributed by atoms with van der Waals surface area (Å²) in [5.41, 5.74) is -1.80. The minimum atomic E-state index is -0.988. The van der Waals surface area contributed by atoms with Gasteiger partial charge < -0.3 is 18.9 Å². The predicted molar refractivity (Wildman–Crippen MR) is 126 cm³/mol. The lowest BCUT2D eigenvalue weighted by Crippen LogP contribution is -2.54. The van der Waals surface area contributed by atoms with E-state index in [0.29, 0.717) is 6.42 Å². The van der Waals surface area contributed by atoms with Crippen LogP contribution in [0.15, 0.2) is 24.8 Å². The van der Waals surface area contributed by atoms with Crippen molar-refractivity contribution in [1.82, 2.24) is 4.90 Å². The largest absolute Gasteiger partial charge is 0.466 e. The first-order valence-corrected chi connectivity index (χ1v) is 11.5. The summed E-state index contributed by atoms with van der Waals surface area (Å²) in [4.78, 5) is 52.3. The van der Waals surface area contributed by atoms with E-state index in [9.17, 15) is 19.2 Å². The van der Waals surface area contributed by atoms with Crippen molar-refractivity contribution >= 4 is 24.1 Å². The van der Waals surface area contributed by atoms with E-state index in [4.69, 9.17) is 18.9 Å². The second-order valence-corrected chi connectivity index (χ2v) is 10.0. The molecule has 1 rings (SSSR count). The zero-order valence-electron chi connectivity index (χ0n) is 21.6. The maximum absolute atomic E-state index is 13.2. The number of hydrogen-bond donors (Lipinski definition) is 0. The topological polar surface area (TPSA) is 108 Å². The lowest BCUT2D eigenvalue weighted by Gasteiger charge is -2.35. The van der Waals surface area contributed by atoms with E-state index in [-0.39, 0.29) is 13.2 Å². The van der Waals surface area contributed by atoms with Gasteiger partial charge in [-0.25, -0.2) is 19.3 Å². The standard InChI is InChI=1S/C25H39NO8/c1-10-16-15-17(13-14-18(27)31-11-2)19(21(28)32-12-3)20(16)26(22(29)33-24(4,5)6)23(30)34-25(7,8)9/h10,13-14,16-17,19-20H,1,11-12,15H2,2-9H3/b14-13+/t16-,17+,19+,20+/m1/s1. The van der Waals surface area contributed by atoms with Crippen molar-refractivity contribution in [3.8, 4) is 0 Å². The summed E-state index contributed by atoms with van der Waals surface area (Å²) in [5.74, 6) is -3.13. The molecule has 0 radical (unpaired) electrons. The van der Waals surface area contributed by atoms with Crippen molar-refractivity contribution in [2.75, 3.05) is 13.2 Å². The second-order valence-electron chi connectivity index (χ2n) is 10.0. The molecule has 0 spiro atoms. The molecule has 192 valence electrons. The number of carbonyl (C=O) groups is 4. The van der Waals surface area contributed by atoms with Crippen LogP contribution in [0.5, 0.6) is 0 Å². The van der Waals surface area contributed by atoms with Crippen molar-refractivity contribution in [3.63, 3.8) is 0 Å². The highest BCUT2D eigenvalue weighted by atomic mass is 16.6. The van der Waals surface area contributed by atoms with Crippen LogP contribution >= 0.6 is 0 Å². The number of imide groups is 1. The first kappa shape index (κ1) is 29.2. The number of ether oxygens (including phenoxy) is 4. The van der Waals surface area contributed by atoms with Crippen molar-refractivity contribution in [1.29, 1.82) is 0 Å². The molecule has 4 atom stereocenters. The van der Waals surface area contributed by atoms with Crippen LogP contribution in [-0.4, -0.2) is 59.5 Å². The third kappa shape index (κ3) is 8.50. The molecule has 1 aliphatic rings. The lowest BCUT2D eigenvalue weighted by atomic mass is 9.91. The lowest BCUT2D eigenvalue weighted by molar-refractivity contribution is -0.150. The summed E-state index contributed by atoms with van der Waals surface area (Å²) in [6.07, 6.45) is 2.84. The van der Waals surface area contributed by atoms with E-state index in [1.807, 2.05) is 0 Å². The summed E-state index contributed by atoms with van der Waals surface area (Å²) >= 11 is 0. The van der Waals surface area contributed by atoms with Crippen LogP contribution in [0, 0.1) is 17.8 Å². The molecular weight excluding hydrogens is 442 g/mol. The van der Waals surface area contributed by atoms with Crippen LogP contribution in [0.3, 0.4) is 0 Å². The number of amides is 2. The summed E-state index contributed by atoms with van der Waals surface area (Å²) in [6, 6.07) is -0.988. The van der Waals surface area contributed by atoms with Crippen molar-refractivity contribution in [3.05, 3.63) is 24.8 Å². The number of hydrogen-bond acceptors (Lipinski definition) is 8. The van der Waals surface area contributed by atoms with Gasteiger partial charge in [0.1, 0.15) is 11.2 Å². The van der Waals surface area contributed by atoms with Gasteiger partial charge in [0.05, 0.1) is 25.2 Å². The normalized spacial score (nSPS) is 22.7. The summed E-state index contributed by atoms with van der Waals surface area (Å²) in [5, 5.41) is 0. The van der Waals surface area contributed by atoms with Crippen LogP contribution in [0.25, 0.3) is 0 Å². The second kappa shape index (κ2) is 12.0. The molecule has 0 aliphatic heterocycles. The predicted octanol–water partition coefficient (Wildman–Crippen LogP) is 4.65. The Hall–Kier alpha value is -2.84. The average Bonchev–Trinajstić information content (AvgIpc) is 3.02. The van der Waals surface area contributed by atoms with Gasteiger partial charge in [-0.05, 0) is 73.6 Å². The number of rotatable bonds is 7. The molecule has 0 bridgehead atoms. The first-order valence-electron chi connectivity index (χ1n) is 11.5. The van der Waals surface area contributed by atoms with Gasteiger partial charge in [-0.1, -0.05) is 12.2 Å². The highest BCUT2D eigenvalue weighted by Crippen LogP contribution is 2.43. The number of carbonyl (C=O) groups excluding carboxylic acids is 4. The smallest absolute Gasteiger partial charge is 0.420 e. The Morgan fingerprint density at radius 3 is 1.79 bits per heavy atom. The molecule has 2 amide bonds. The molecule has 9 nitrogen and oxygen atoms in total. The van der Waals surface area contributed by atoms with Crippen LogP contribution in [0.1, 0.15) is 61.8 Å². The van der Waals surface area contributed by atoms with Crippen LogP contribution in [0.2, 0.25) is 0 Å². The third-order valence-corrected chi connectivity index (χ3v) is 4.92. The minimum Gasteiger partial charge on any atom is -0.466 e. The van der Waals surface area contributed by atoms with Gasteiger partial charge in [-0.2, -0.15) is 0 Å². The maximum atomic E-state index is 13.2. The number of nitrogens with zero attached hydrogens (tertiary/aromatic N) is 1. The van der Waals surface area contributed by atoms with Crippen LogP contribution in [0.4, 0.5) is 9.59 Å². The van der Waals surface area contributed by atoms with Gasteiger partial charge in [0.25, 0.3) is 0 Å². The van der Waals surface area contributed by atoms with E-state index >= 15 is 0 Å². The van der Waals surface area contributed by atoms with E-state index in [2.05, 4.69) is 6.58 Å². The molecule has 0 N–H and O–H groups in total. The summed E-state index contributed by atoms with van der Waals surface area (Å²) in [7, 11) is 0. The summed E-state index contributed by atoms with van der Waals surface area (Å²) < 4.78 is 21.2. The molecule has 34 heavy (non-hydrogen) atoms. The Morgan fingerprint density at radius 2 is 1.38 bits per heavy atom. The van der Waals surface area contributed by atoms with Crippen molar-refractivity contribution < 1.29 is 38.1 Å². The molecule has 0 unspecified atom stereocenters. The Labute approximate surface area is 202 Å². The molecule has 0 heterocycles. The molecular formula is C25H39NO8. The van der Waals surface area contributed by atoms with E-state index < -0.39 is 59.1 Å². The minimum absolute atomic E-state index is 0.105. The highest BCUT2D eigenvalue weighted by Gasteiger charge is 2.53. The molecule has 1 saturated carbocycles. The van der Waals surface area contributed by atoms with Gasteiger partial charge in [0.2, 0.25) is 0 Å². The van der Waals surface area contributed by atoms with Gasteiger partial charge in [-0.3, -0.25) is 4.79 Å². The van der Waals surface area contributed by atoms with Crippen LogP contribution in [-0.2, 0) is 28.5 Å². The SMILES string of the molecule is C=C[C@@H]1C[C@H](/C=C/C(=O)OCC)[C@H](C(=O)OCC)[C@H]1N(C(=O)OC(C)(C)C)C(=O)OC(C)(C)C. The molecule has 0 aromatic heterocycles. The van der Waals surface area contributed by atoms with Gasteiger partial charge in [-0.15, -0.1) is 6.58 Å². The van der Waals surface area contributed by atoms with Crippen molar-refractivity contribution in [2.24, 2.45) is 17.8 Å². The van der Waals surface area contributed by atoms with E-state index in [0.717, 1.165) is 4.90 Å². The maximum Gasteiger partial charge on any atom is 0.420 e. The Bertz CT molecular complexity index is 762. The van der Waals surface area contributed by atoms with Crippen LogP contribution < -0.4 is 0 Å². The van der Waals surface area contributed by atoms with Gasteiger partial charge in [0.15, 0.2) is 0 Å². The summed E-state index contributed by atoms with van der Waals surface area (Å²) in [6.45, 7) is 17.5. The fourth-order valence-electron chi connectivity index (χ4n) is 3.79. The number of esters is 2. The fraction of sp³-hybridized carbons (Fsp3) is 0.680. The van der Waals surface area contributed by atoms with E-state index in [1.165, 1.54) is 6.08 Å². The number of allylic oxidation sites excluding steroid dienone is 1. The molecule has 9 heteroatoms. The Balaban J connectivity index is 3.56.